The van der Waals surface area contributed by atoms with Crippen molar-refractivity contribution in [3.8, 4) is 5.75 Å². The Hall–Kier alpha value is -0.650. The molecule has 1 aromatic rings. The molecule has 0 N–H and O–H groups in total. The van der Waals surface area contributed by atoms with Gasteiger partial charge in [0.2, 0.25) is 0 Å². The van der Waals surface area contributed by atoms with Crippen molar-refractivity contribution < 1.29 is 9.47 Å². The monoisotopic (exact) mass is 382 g/mol. The molecule has 0 amide bonds. The molecule has 0 atom stereocenters. The van der Waals surface area contributed by atoms with E-state index in [4.69, 9.17) is 9.47 Å². The van der Waals surface area contributed by atoms with Gasteiger partial charge in [0.1, 0.15) is 10.4 Å². The first-order valence-corrected chi connectivity index (χ1v) is 9.53. The number of likely N-dealkylation sites (tertiary alicyclic amines) is 1. The van der Waals surface area contributed by atoms with Crippen LogP contribution in [0.5, 0.6) is 5.75 Å². The standard InChI is InChI=1S/C18H27BrN2O2/c1-13-17(7-8-18(19)20-13)23-15-5-3-14(4-6-15)22-16-9-11-21(2)12-10-16/h7-8,14-16H,3-6,9-12H2,1-2H3. The van der Waals surface area contributed by atoms with Gasteiger partial charge in [0.05, 0.1) is 24.0 Å². The third-order valence-electron chi connectivity index (χ3n) is 4.97. The van der Waals surface area contributed by atoms with Gasteiger partial charge >= 0.3 is 0 Å². The van der Waals surface area contributed by atoms with Gasteiger partial charge in [-0.15, -0.1) is 0 Å². The van der Waals surface area contributed by atoms with Gasteiger partial charge in [-0.3, -0.25) is 0 Å². The van der Waals surface area contributed by atoms with Crippen LogP contribution in [-0.4, -0.2) is 48.3 Å². The Morgan fingerprint density at radius 2 is 1.61 bits per heavy atom. The van der Waals surface area contributed by atoms with Crippen molar-refractivity contribution in [2.45, 2.75) is 63.8 Å². The van der Waals surface area contributed by atoms with E-state index in [0.29, 0.717) is 18.3 Å². The molecule has 128 valence electrons. The lowest BCUT2D eigenvalue weighted by Gasteiger charge is -2.35. The van der Waals surface area contributed by atoms with Gasteiger partial charge < -0.3 is 14.4 Å². The maximum absolute atomic E-state index is 6.32. The second-order valence-corrected chi connectivity index (χ2v) is 7.69. The summed E-state index contributed by atoms with van der Waals surface area (Å²) in [7, 11) is 2.19. The Morgan fingerprint density at radius 3 is 2.26 bits per heavy atom. The zero-order valence-electron chi connectivity index (χ0n) is 14.1. The molecule has 2 aliphatic rings. The smallest absolute Gasteiger partial charge is 0.140 e. The number of aryl methyl sites for hydroxylation is 1. The molecule has 5 heteroatoms. The Labute approximate surface area is 147 Å². The zero-order valence-corrected chi connectivity index (χ0v) is 15.7. The fourth-order valence-electron chi connectivity index (χ4n) is 3.50. The molecule has 2 fully saturated rings. The van der Waals surface area contributed by atoms with Crippen molar-refractivity contribution in [3.63, 3.8) is 0 Å². The van der Waals surface area contributed by atoms with E-state index in [1.165, 1.54) is 25.9 Å². The number of hydrogen-bond donors (Lipinski definition) is 0. The number of nitrogens with zero attached hydrogens (tertiary/aromatic N) is 2. The van der Waals surface area contributed by atoms with Crippen LogP contribution in [-0.2, 0) is 4.74 Å². The fraction of sp³-hybridized carbons (Fsp3) is 0.722. The molecule has 4 nitrogen and oxygen atoms in total. The number of rotatable bonds is 4. The Morgan fingerprint density at radius 1 is 1.00 bits per heavy atom. The summed E-state index contributed by atoms with van der Waals surface area (Å²) >= 11 is 3.39. The van der Waals surface area contributed by atoms with E-state index in [9.17, 15) is 0 Å². The fourth-order valence-corrected chi connectivity index (χ4v) is 3.90. The molecule has 2 heterocycles. The molecule has 1 aromatic heterocycles. The quantitative estimate of drug-likeness (QED) is 0.738. The molecular weight excluding hydrogens is 356 g/mol. The highest BCUT2D eigenvalue weighted by Crippen LogP contribution is 2.29. The highest BCUT2D eigenvalue weighted by molar-refractivity contribution is 9.10. The molecule has 1 saturated heterocycles. The number of halogens is 1. The lowest BCUT2D eigenvalue weighted by atomic mass is 9.94. The average Bonchev–Trinajstić information content (AvgIpc) is 2.54. The van der Waals surface area contributed by atoms with E-state index >= 15 is 0 Å². The van der Waals surface area contributed by atoms with Crippen LogP contribution in [0.25, 0.3) is 0 Å². The summed E-state index contributed by atoms with van der Waals surface area (Å²) in [6, 6.07) is 3.95. The molecule has 1 aliphatic carbocycles. The van der Waals surface area contributed by atoms with Crippen LogP contribution in [0.3, 0.4) is 0 Å². The first kappa shape index (κ1) is 17.2. The van der Waals surface area contributed by atoms with E-state index in [0.717, 1.165) is 41.7 Å². The summed E-state index contributed by atoms with van der Waals surface area (Å²) in [4.78, 5) is 6.79. The molecule has 3 rings (SSSR count). The lowest BCUT2D eigenvalue weighted by molar-refractivity contribution is -0.0643. The first-order chi connectivity index (χ1) is 11.1. The number of piperidine rings is 1. The van der Waals surface area contributed by atoms with E-state index in [1.54, 1.807) is 0 Å². The maximum Gasteiger partial charge on any atom is 0.140 e. The summed E-state index contributed by atoms with van der Waals surface area (Å²) < 4.78 is 13.3. The number of hydrogen-bond acceptors (Lipinski definition) is 4. The summed E-state index contributed by atoms with van der Waals surface area (Å²) in [5.41, 5.74) is 0.948. The Balaban J connectivity index is 1.43. The van der Waals surface area contributed by atoms with Gasteiger partial charge in [-0.2, -0.15) is 0 Å². The highest BCUT2D eigenvalue weighted by Gasteiger charge is 2.27. The van der Waals surface area contributed by atoms with Gasteiger partial charge in [0.15, 0.2) is 0 Å². The van der Waals surface area contributed by atoms with Crippen molar-refractivity contribution in [2.24, 2.45) is 0 Å². The van der Waals surface area contributed by atoms with Crippen LogP contribution in [0.4, 0.5) is 0 Å². The van der Waals surface area contributed by atoms with Gasteiger partial charge in [0, 0.05) is 13.1 Å². The van der Waals surface area contributed by atoms with Gasteiger partial charge in [0.25, 0.3) is 0 Å². The SMILES string of the molecule is Cc1nc(Br)ccc1OC1CCC(OC2CCN(C)CC2)CC1. The van der Waals surface area contributed by atoms with E-state index in [1.807, 2.05) is 19.1 Å². The van der Waals surface area contributed by atoms with E-state index in [2.05, 4.69) is 32.9 Å². The van der Waals surface area contributed by atoms with Gasteiger partial charge in [-0.25, -0.2) is 4.98 Å². The molecule has 23 heavy (non-hydrogen) atoms. The number of aromatic nitrogens is 1. The van der Waals surface area contributed by atoms with Crippen LogP contribution in [0.2, 0.25) is 0 Å². The van der Waals surface area contributed by atoms with Crippen LogP contribution >= 0.6 is 15.9 Å². The molecule has 0 unspecified atom stereocenters. The first-order valence-electron chi connectivity index (χ1n) is 8.74. The molecule has 0 bridgehead atoms. The van der Waals surface area contributed by atoms with Crippen LogP contribution in [0.1, 0.15) is 44.2 Å². The highest BCUT2D eigenvalue weighted by atomic mass is 79.9. The predicted molar refractivity (Wildman–Crippen MR) is 95.0 cm³/mol. The van der Waals surface area contributed by atoms with E-state index in [-0.39, 0.29) is 0 Å². The summed E-state index contributed by atoms with van der Waals surface area (Å²) in [6.07, 6.45) is 7.92. The molecular formula is C18H27BrN2O2. The average molecular weight is 383 g/mol. The largest absolute Gasteiger partial charge is 0.489 e. The maximum atomic E-state index is 6.32. The van der Waals surface area contributed by atoms with E-state index < -0.39 is 0 Å². The van der Waals surface area contributed by atoms with Crippen molar-refractivity contribution in [3.05, 3.63) is 22.4 Å². The third-order valence-corrected chi connectivity index (χ3v) is 5.41. The molecule has 0 spiro atoms. The summed E-state index contributed by atoms with van der Waals surface area (Å²) in [6.45, 7) is 4.33. The Bertz CT molecular complexity index is 510. The summed E-state index contributed by atoms with van der Waals surface area (Å²) in [5.74, 6) is 0.910. The molecule has 0 radical (unpaired) electrons. The second-order valence-electron chi connectivity index (χ2n) is 6.87. The number of pyridine rings is 1. The summed E-state index contributed by atoms with van der Waals surface area (Å²) in [5, 5.41) is 0. The van der Waals surface area contributed by atoms with Gasteiger partial charge in [-0.1, -0.05) is 0 Å². The molecule has 0 aromatic carbocycles. The lowest BCUT2D eigenvalue weighted by Crippen LogP contribution is -2.37. The molecule has 1 aliphatic heterocycles. The Kier molecular flexibility index (Phi) is 5.94. The van der Waals surface area contributed by atoms with Crippen molar-refractivity contribution >= 4 is 15.9 Å². The van der Waals surface area contributed by atoms with Crippen molar-refractivity contribution in [1.29, 1.82) is 0 Å². The minimum Gasteiger partial charge on any atom is -0.489 e. The molecule has 1 saturated carbocycles. The minimum atomic E-state index is 0.300. The van der Waals surface area contributed by atoms with Crippen LogP contribution in [0.15, 0.2) is 16.7 Å². The zero-order chi connectivity index (χ0) is 16.2. The third kappa shape index (κ3) is 4.91. The van der Waals surface area contributed by atoms with Crippen molar-refractivity contribution in [2.75, 3.05) is 20.1 Å². The van der Waals surface area contributed by atoms with Crippen molar-refractivity contribution in [1.82, 2.24) is 9.88 Å². The second kappa shape index (κ2) is 7.95. The van der Waals surface area contributed by atoms with Crippen LogP contribution in [0, 0.1) is 6.92 Å². The minimum absolute atomic E-state index is 0.300. The topological polar surface area (TPSA) is 34.6 Å². The van der Waals surface area contributed by atoms with Crippen LogP contribution < -0.4 is 4.74 Å². The predicted octanol–water partition coefficient (Wildman–Crippen LogP) is 3.95. The number of ether oxygens (including phenoxy) is 2. The van der Waals surface area contributed by atoms with Gasteiger partial charge in [-0.05, 0) is 80.6 Å². The normalized spacial score (nSPS) is 27.1.